The monoisotopic (exact) mass is 265 g/mol. The Morgan fingerprint density at radius 1 is 0.947 bits per heavy atom. The van der Waals surface area contributed by atoms with Crippen LogP contribution in [0.3, 0.4) is 0 Å². The zero-order chi connectivity index (χ0) is 14.2. The quantitative estimate of drug-likeness (QED) is 0.822. The summed E-state index contributed by atoms with van der Waals surface area (Å²) in [5.74, 6) is -3.93. The minimum absolute atomic E-state index is 0.211. The van der Waals surface area contributed by atoms with Crippen molar-refractivity contribution in [2.45, 2.75) is 19.9 Å². The van der Waals surface area contributed by atoms with Gasteiger partial charge in [0.25, 0.3) is 0 Å². The number of hydrogen-bond acceptors (Lipinski definition) is 1. The van der Waals surface area contributed by atoms with E-state index in [1.165, 1.54) is 0 Å². The third-order valence-corrected chi connectivity index (χ3v) is 3.13. The summed E-state index contributed by atoms with van der Waals surface area (Å²) in [4.78, 5) is 0. The van der Waals surface area contributed by atoms with E-state index in [4.69, 9.17) is 5.73 Å². The molecule has 19 heavy (non-hydrogen) atoms. The van der Waals surface area contributed by atoms with Gasteiger partial charge in [0, 0.05) is 0 Å². The van der Waals surface area contributed by atoms with Gasteiger partial charge in [-0.25, -0.2) is 13.2 Å². The number of nitrogens with two attached hydrogens (primary N) is 1. The molecule has 0 saturated carbocycles. The minimum Gasteiger partial charge on any atom is -0.320 e. The molecule has 0 amide bonds. The van der Waals surface area contributed by atoms with Crippen LogP contribution in [0.25, 0.3) is 0 Å². The lowest BCUT2D eigenvalue weighted by Gasteiger charge is -2.16. The molecule has 0 aliphatic rings. The molecule has 4 heteroatoms. The van der Waals surface area contributed by atoms with Gasteiger partial charge < -0.3 is 5.73 Å². The van der Waals surface area contributed by atoms with Crippen molar-refractivity contribution in [1.82, 2.24) is 0 Å². The Labute approximate surface area is 109 Å². The van der Waals surface area contributed by atoms with Crippen molar-refractivity contribution >= 4 is 0 Å². The third-order valence-electron chi connectivity index (χ3n) is 3.13. The first kappa shape index (κ1) is 13.6. The van der Waals surface area contributed by atoms with Crippen LogP contribution in [0.1, 0.15) is 28.3 Å². The zero-order valence-electron chi connectivity index (χ0n) is 10.7. The van der Waals surface area contributed by atoms with E-state index in [0.717, 1.165) is 28.8 Å². The Hall–Kier alpha value is -1.81. The highest BCUT2D eigenvalue weighted by Crippen LogP contribution is 2.25. The van der Waals surface area contributed by atoms with Gasteiger partial charge in [-0.3, -0.25) is 0 Å². The number of rotatable bonds is 2. The average Bonchev–Trinajstić information content (AvgIpc) is 2.34. The van der Waals surface area contributed by atoms with Crippen LogP contribution in [0.15, 0.2) is 30.3 Å². The van der Waals surface area contributed by atoms with Gasteiger partial charge in [-0.05, 0) is 42.7 Å². The van der Waals surface area contributed by atoms with E-state index >= 15 is 0 Å². The molecule has 0 aliphatic heterocycles. The molecule has 1 nitrogen and oxygen atoms in total. The highest BCUT2D eigenvalue weighted by Gasteiger charge is 2.17. The van der Waals surface area contributed by atoms with Crippen molar-refractivity contribution < 1.29 is 13.2 Å². The summed E-state index contributed by atoms with van der Waals surface area (Å²) in [7, 11) is 0. The highest BCUT2D eigenvalue weighted by atomic mass is 19.2. The number of aryl methyl sites for hydroxylation is 2. The van der Waals surface area contributed by atoms with Crippen LogP contribution in [0.4, 0.5) is 13.2 Å². The Morgan fingerprint density at radius 3 is 2.05 bits per heavy atom. The smallest absolute Gasteiger partial charge is 0.194 e. The molecule has 2 rings (SSSR count). The summed E-state index contributed by atoms with van der Waals surface area (Å²) in [6.07, 6.45) is 0. The van der Waals surface area contributed by atoms with Crippen LogP contribution in [0.2, 0.25) is 0 Å². The van der Waals surface area contributed by atoms with E-state index in [1.54, 1.807) is 0 Å². The molecule has 2 aromatic rings. The fourth-order valence-electron chi connectivity index (χ4n) is 2.11. The second kappa shape index (κ2) is 5.05. The van der Waals surface area contributed by atoms with E-state index in [2.05, 4.69) is 0 Å². The maximum atomic E-state index is 13.2. The number of hydrogen-bond donors (Lipinski definition) is 1. The minimum atomic E-state index is -1.48. The van der Waals surface area contributed by atoms with Crippen LogP contribution >= 0.6 is 0 Å². The average molecular weight is 265 g/mol. The molecule has 1 atom stereocenters. The molecule has 0 aliphatic carbocycles. The number of halogens is 3. The van der Waals surface area contributed by atoms with E-state index < -0.39 is 23.5 Å². The van der Waals surface area contributed by atoms with E-state index in [0.29, 0.717) is 0 Å². The molecule has 0 fully saturated rings. The van der Waals surface area contributed by atoms with Crippen LogP contribution in [0.5, 0.6) is 0 Å². The van der Waals surface area contributed by atoms with Gasteiger partial charge >= 0.3 is 0 Å². The Bertz CT molecular complexity index is 600. The lowest BCUT2D eigenvalue weighted by molar-refractivity contribution is 0.444. The highest BCUT2D eigenvalue weighted by molar-refractivity contribution is 5.38. The lowest BCUT2D eigenvalue weighted by atomic mass is 9.94. The van der Waals surface area contributed by atoms with Gasteiger partial charge in [0.1, 0.15) is 0 Å². The van der Waals surface area contributed by atoms with Gasteiger partial charge in [0.15, 0.2) is 17.5 Å². The Kier molecular flexibility index (Phi) is 3.62. The molecule has 0 heterocycles. The summed E-state index contributed by atoms with van der Waals surface area (Å²) in [5.41, 5.74) is 8.97. The van der Waals surface area contributed by atoms with Crippen molar-refractivity contribution in [3.8, 4) is 0 Å². The van der Waals surface area contributed by atoms with Crippen molar-refractivity contribution in [1.29, 1.82) is 0 Å². The summed E-state index contributed by atoms with van der Waals surface area (Å²) in [5, 5.41) is 0. The molecular formula is C15H14F3N. The normalized spacial score (nSPS) is 12.5. The molecule has 2 aromatic carbocycles. The van der Waals surface area contributed by atoms with Crippen LogP contribution in [0, 0.1) is 31.3 Å². The largest absolute Gasteiger partial charge is 0.320 e. The van der Waals surface area contributed by atoms with Gasteiger partial charge in [-0.15, -0.1) is 0 Å². The summed E-state index contributed by atoms with van der Waals surface area (Å²) >= 11 is 0. The molecule has 1 unspecified atom stereocenters. The number of benzene rings is 2. The van der Waals surface area contributed by atoms with E-state index in [9.17, 15) is 13.2 Å². The lowest BCUT2D eigenvalue weighted by Crippen LogP contribution is -2.14. The first-order valence-electron chi connectivity index (χ1n) is 5.87. The predicted octanol–water partition coefficient (Wildman–Crippen LogP) is 3.77. The summed E-state index contributed by atoms with van der Waals surface area (Å²) in [6, 6.07) is 6.80. The van der Waals surface area contributed by atoms with Crippen molar-refractivity contribution in [2.75, 3.05) is 0 Å². The SMILES string of the molecule is Cc1ccc(C(N)c2cc(F)c(F)c(F)c2)c(C)c1. The Balaban J connectivity index is 2.47. The van der Waals surface area contributed by atoms with Gasteiger partial charge in [-0.1, -0.05) is 23.8 Å². The van der Waals surface area contributed by atoms with E-state index in [-0.39, 0.29) is 5.56 Å². The third kappa shape index (κ3) is 2.63. The molecular weight excluding hydrogens is 251 g/mol. The second-order valence-corrected chi connectivity index (χ2v) is 4.64. The summed E-state index contributed by atoms with van der Waals surface area (Å²) in [6.45, 7) is 3.82. The molecule has 0 saturated heterocycles. The van der Waals surface area contributed by atoms with Gasteiger partial charge in [-0.2, -0.15) is 0 Å². The van der Waals surface area contributed by atoms with Gasteiger partial charge in [0.2, 0.25) is 0 Å². The fraction of sp³-hybridized carbons (Fsp3) is 0.200. The molecule has 0 aromatic heterocycles. The first-order chi connectivity index (χ1) is 8.90. The molecule has 0 spiro atoms. The first-order valence-corrected chi connectivity index (χ1v) is 5.87. The van der Waals surface area contributed by atoms with Gasteiger partial charge in [0.05, 0.1) is 6.04 Å². The standard InChI is InChI=1S/C15H14F3N/c1-8-3-4-11(9(2)5-8)15(19)10-6-12(16)14(18)13(17)7-10/h3-7,15H,19H2,1-2H3. The Morgan fingerprint density at radius 2 is 1.53 bits per heavy atom. The van der Waals surface area contributed by atoms with Crippen LogP contribution in [-0.2, 0) is 0 Å². The zero-order valence-corrected chi connectivity index (χ0v) is 10.7. The molecule has 0 bridgehead atoms. The van der Waals surface area contributed by atoms with Crippen molar-refractivity contribution in [2.24, 2.45) is 5.73 Å². The van der Waals surface area contributed by atoms with Crippen molar-refractivity contribution in [3.63, 3.8) is 0 Å². The van der Waals surface area contributed by atoms with E-state index in [1.807, 2.05) is 32.0 Å². The van der Waals surface area contributed by atoms with Crippen molar-refractivity contribution in [3.05, 3.63) is 70.0 Å². The molecule has 0 radical (unpaired) electrons. The summed E-state index contributed by atoms with van der Waals surface area (Å²) < 4.78 is 39.3. The maximum Gasteiger partial charge on any atom is 0.194 e. The molecule has 2 N–H and O–H groups in total. The predicted molar refractivity (Wildman–Crippen MR) is 68.3 cm³/mol. The maximum absolute atomic E-state index is 13.2. The van der Waals surface area contributed by atoms with Crippen LogP contribution < -0.4 is 5.73 Å². The topological polar surface area (TPSA) is 26.0 Å². The fourth-order valence-corrected chi connectivity index (χ4v) is 2.11. The van der Waals surface area contributed by atoms with Crippen LogP contribution in [-0.4, -0.2) is 0 Å². The second-order valence-electron chi connectivity index (χ2n) is 4.64. The molecule has 100 valence electrons.